The van der Waals surface area contributed by atoms with Crippen LogP contribution in [0.3, 0.4) is 0 Å². The summed E-state index contributed by atoms with van der Waals surface area (Å²) in [6, 6.07) is 0. The van der Waals surface area contributed by atoms with Gasteiger partial charge >= 0.3 is 5.92 Å². The summed E-state index contributed by atoms with van der Waals surface area (Å²) in [4.78, 5) is 11.0. The number of carbonyl (C=O) groups is 1. The zero-order valence-corrected chi connectivity index (χ0v) is 8.50. The Morgan fingerprint density at radius 3 is 2.46 bits per heavy atom. The molecule has 1 aliphatic heterocycles. The minimum absolute atomic E-state index is 0.0596. The molecular formula is C9H14F2OS. The Morgan fingerprint density at radius 2 is 2.00 bits per heavy atom. The molecule has 4 heteroatoms. The van der Waals surface area contributed by atoms with E-state index in [0.29, 0.717) is 6.92 Å². The lowest BCUT2D eigenvalue weighted by Crippen LogP contribution is -2.27. The third kappa shape index (κ3) is 3.63. The Bertz CT molecular complexity index is 183. The summed E-state index contributed by atoms with van der Waals surface area (Å²) in [7, 11) is 0. The summed E-state index contributed by atoms with van der Waals surface area (Å²) in [5.41, 5.74) is 0. The smallest absolute Gasteiger partial charge is 0.293 e. The molecule has 0 amide bonds. The Morgan fingerprint density at radius 1 is 1.46 bits per heavy atom. The molecule has 0 radical (unpaired) electrons. The van der Waals surface area contributed by atoms with Crippen LogP contribution in [0.5, 0.6) is 0 Å². The molecule has 1 saturated heterocycles. The molecule has 0 aromatic carbocycles. The fraction of sp³-hybridized carbons (Fsp3) is 0.889. The van der Waals surface area contributed by atoms with E-state index in [9.17, 15) is 13.6 Å². The predicted octanol–water partition coefficient (Wildman–Crippen LogP) is 2.74. The van der Waals surface area contributed by atoms with Crippen LogP contribution in [0.25, 0.3) is 0 Å². The van der Waals surface area contributed by atoms with Gasteiger partial charge in [-0.2, -0.15) is 20.5 Å². The quantitative estimate of drug-likeness (QED) is 0.709. The molecule has 1 fully saturated rings. The van der Waals surface area contributed by atoms with Crippen molar-refractivity contribution >= 4 is 17.5 Å². The number of rotatable bonds is 3. The van der Waals surface area contributed by atoms with Gasteiger partial charge in [-0.05, 0) is 30.3 Å². The van der Waals surface area contributed by atoms with Gasteiger partial charge in [-0.1, -0.05) is 0 Å². The topological polar surface area (TPSA) is 17.1 Å². The van der Waals surface area contributed by atoms with Gasteiger partial charge in [0, 0.05) is 13.3 Å². The van der Waals surface area contributed by atoms with E-state index in [2.05, 4.69) is 0 Å². The van der Waals surface area contributed by atoms with Gasteiger partial charge in [0.05, 0.1) is 0 Å². The van der Waals surface area contributed by atoms with Crippen LogP contribution in [-0.4, -0.2) is 23.2 Å². The summed E-state index contributed by atoms with van der Waals surface area (Å²) in [5, 5.41) is 0. The second-order valence-corrected chi connectivity index (χ2v) is 4.80. The van der Waals surface area contributed by atoms with Crippen molar-refractivity contribution in [2.24, 2.45) is 5.92 Å². The molecule has 0 spiro atoms. The molecule has 13 heavy (non-hydrogen) atoms. The Hall–Kier alpha value is -0.120. The van der Waals surface area contributed by atoms with Crippen LogP contribution in [0.4, 0.5) is 8.78 Å². The first kappa shape index (κ1) is 11.0. The van der Waals surface area contributed by atoms with Gasteiger partial charge < -0.3 is 0 Å². The Kier molecular flexibility index (Phi) is 3.71. The second kappa shape index (κ2) is 4.40. The van der Waals surface area contributed by atoms with Gasteiger partial charge in [-0.15, -0.1) is 0 Å². The average molecular weight is 208 g/mol. The lowest BCUT2D eigenvalue weighted by Gasteiger charge is -2.21. The van der Waals surface area contributed by atoms with Gasteiger partial charge in [-0.3, -0.25) is 4.79 Å². The van der Waals surface area contributed by atoms with Crippen LogP contribution in [0.1, 0.15) is 26.2 Å². The molecule has 0 saturated carbocycles. The van der Waals surface area contributed by atoms with Gasteiger partial charge in [0.2, 0.25) is 5.78 Å². The molecular weight excluding hydrogens is 194 g/mol. The lowest BCUT2D eigenvalue weighted by molar-refractivity contribution is -0.141. The zero-order chi connectivity index (χ0) is 9.90. The lowest BCUT2D eigenvalue weighted by atomic mass is 9.94. The third-order valence-electron chi connectivity index (χ3n) is 2.30. The molecule has 0 unspecified atom stereocenters. The number of ketones is 1. The van der Waals surface area contributed by atoms with Crippen molar-refractivity contribution in [2.75, 3.05) is 11.5 Å². The highest BCUT2D eigenvalue weighted by Crippen LogP contribution is 2.28. The molecule has 1 aliphatic rings. The fourth-order valence-corrected chi connectivity index (χ4v) is 2.60. The Balaban J connectivity index is 2.35. The summed E-state index contributed by atoms with van der Waals surface area (Å²) in [6.07, 6.45) is 1.88. The van der Waals surface area contributed by atoms with Crippen LogP contribution >= 0.6 is 11.8 Å². The highest BCUT2D eigenvalue weighted by molar-refractivity contribution is 7.99. The van der Waals surface area contributed by atoms with Crippen molar-refractivity contribution in [2.45, 2.75) is 32.1 Å². The minimum Gasteiger partial charge on any atom is -0.293 e. The van der Waals surface area contributed by atoms with Crippen LogP contribution < -0.4 is 0 Å². The molecule has 0 aromatic rings. The number of hydrogen-bond donors (Lipinski definition) is 0. The molecule has 1 rings (SSSR count). The molecule has 0 aliphatic carbocycles. The largest absolute Gasteiger partial charge is 0.302 e. The highest BCUT2D eigenvalue weighted by Gasteiger charge is 2.33. The van der Waals surface area contributed by atoms with E-state index in [1.54, 1.807) is 0 Å². The fourth-order valence-electron chi connectivity index (χ4n) is 1.39. The first-order valence-corrected chi connectivity index (χ1v) is 5.64. The van der Waals surface area contributed by atoms with Crippen LogP contribution in [-0.2, 0) is 4.79 Å². The third-order valence-corrected chi connectivity index (χ3v) is 3.35. The Labute approximate surface area is 81.3 Å². The summed E-state index contributed by atoms with van der Waals surface area (Å²) >= 11 is 1.83. The van der Waals surface area contributed by atoms with Gasteiger partial charge in [0.15, 0.2) is 0 Å². The monoisotopic (exact) mass is 208 g/mol. The molecule has 1 nitrogen and oxygen atoms in total. The van der Waals surface area contributed by atoms with Crippen molar-refractivity contribution in [3.05, 3.63) is 0 Å². The molecule has 0 N–H and O–H groups in total. The van der Waals surface area contributed by atoms with Crippen LogP contribution in [0.15, 0.2) is 0 Å². The van der Waals surface area contributed by atoms with Gasteiger partial charge in [0.25, 0.3) is 0 Å². The van der Waals surface area contributed by atoms with Gasteiger partial charge in [0.1, 0.15) is 0 Å². The first-order chi connectivity index (χ1) is 6.00. The number of carbonyl (C=O) groups excluding carboxylic acids is 1. The molecule has 0 atom stereocenters. The minimum atomic E-state index is -3.13. The maximum Gasteiger partial charge on any atom is 0.302 e. The number of Topliss-reactive ketones (excluding diaryl/α,β-unsaturated/α-hetero) is 1. The zero-order valence-electron chi connectivity index (χ0n) is 7.69. The number of hydrogen-bond acceptors (Lipinski definition) is 2. The number of thioether (sulfide) groups is 1. The van der Waals surface area contributed by atoms with E-state index in [-0.39, 0.29) is 12.3 Å². The maximum atomic E-state index is 12.5. The van der Waals surface area contributed by atoms with E-state index < -0.39 is 11.7 Å². The van der Waals surface area contributed by atoms with E-state index in [0.717, 1.165) is 24.3 Å². The molecule has 0 bridgehead atoms. The first-order valence-electron chi connectivity index (χ1n) is 4.49. The van der Waals surface area contributed by atoms with E-state index in [1.165, 1.54) is 0 Å². The highest BCUT2D eigenvalue weighted by atomic mass is 32.2. The number of alkyl halides is 2. The molecule has 0 aromatic heterocycles. The standard InChI is InChI=1S/C9H14F2OS/c1-9(10,11)8(12)6-7-2-4-13-5-3-7/h7H,2-6H2,1H3. The summed E-state index contributed by atoms with van der Waals surface area (Å²) < 4.78 is 25.0. The van der Waals surface area contributed by atoms with Crippen LogP contribution in [0.2, 0.25) is 0 Å². The van der Waals surface area contributed by atoms with E-state index in [1.807, 2.05) is 11.8 Å². The molecule has 76 valence electrons. The number of halogens is 2. The van der Waals surface area contributed by atoms with Crippen molar-refractivity contribution in [3.63, 3.8) is 0 Å². The summed E-state index contributed by atoms with van der Waals surface area (Å²) in [6.45, 7) is 0.687. The van der Waals surface area contributed by atoms with Crippen molar-refractivity contribution in [1.29, 1.82) is 0 Å². The van der Waals surface area contributed by atoms with Crippen molar-refractivity contribution in [3.8, 4) is 0 Å². The summed E-state index contributed by atoms with van der Waals surface area (Å²) in [5.74, 6) is -1.82. The van der Waals surface area contributed by atoms with Crippen molar-refractivity contribution < 1.29 is 13.6 Å². The van der Waals surface area contributed by atoms with Gasteiger partial charge in [-0.25, -0.2) is 0 Å². The average Bonchev–Trinajstić information content (AvgIpc) is 2.04. The molecule has 1 heterocycles. The predicted molar refractivity (Wildman–Crippen MR) is 50.3 cm³/mol. The van der Waals surface area contributed by atoms with E-state index >= 15 is 0 Å². The normalized spacial score (nSPS) is 20.2. The van der Waals surface area contributed by atoms with Crippen LogP contribution in [0, 0.1) is 5.92 Å². The second-order valence-electron chi connectivity index (χ2n) is 3.57. The SMILES string of the molecule is CC(F)(F)C(=O)CC1CCSCC1. The van der Waals surface area contributed by atoms with Crippen molar-refractivity contribution in [1.82, 2.24) is 0 Å². The maximum absolute atomic E-state index is 12.5. The van der Waals surface area contributed by atoms with E-state index in [4.69, 9.17) is 0 Å².